The molecule has 3 nitrogen and oxygen atoms in total. The summed E-state index contributed by atoms with van der Waals surface area (Å²) in [5.74, 6) is -0.254. The number of rotatable bonds is 6. The van der Waals surface area contributed by atoms with Gasteiger partial charge in [0.15, 0.2) is 0 Å². The van der Waals surface area contributed by atoms with Crippen molar-refractivity contribution in [1.82, 2.24) is 9.78 Å². The number of nitrogens with zero attached hydrogens (tertiary/aromatic N) is 2. The van der Waals surface area contributed by atoms with Gasteiger partial charge < -0.3 is 5.11 Å². The van der Waals surface area contributed by atoms with Gasteiger partial charge in [-0.1, -0.05) is 56.2 Å². The van der Waals surface area contributed by atoms with E-state index in [0.717, 1.165) is 41.8 Å². The minimum Gasteiger partial charge on any atom is -0.385 e. The van der Waals surface area contributed by atoms with E-state index in [4.69, 9.17) is 0 Å². The Morgan fingerprint density at radius 3 is 2.50 bits per heavy atom. The van der Waals surface area contributed by atoms with E-state index in [1.165, 1.54) is 17.7 Å². The molecule has 30 heavy (non-hydrogen) atoms. The summed E-state index contributed by atoms with van der Waals surface area (Å²) >= 11 is 0. The lowest BCUT2D eigenvalue weighted by Gasteiger charge is -2.41. The molecule has 1 unspecified atom stereocenters. The Morgan fingerprint density at radius 2 is 1.83 bits per heavy atom. The average molecular weight is 405 g/mol. The van der Waals surface area contributed by atoms with Crippen molar-refractivity contribution >= 4 is 6.08 Å². The predicted octanol–water partition coefficient (Wildman–Crippen LogP) is 6.06. The third-order valence-corrected chi connectivity index (χ3v) is 6.50. The quantitative estimate of drug-likeness (QED) is 0.543. The zero-order valence-corrected chi connectivity index (χ0v) is 17.9. The fourth-order valence-electron chi connectivity index (χ4n) is 4.75. The highest BCUT2D eigenvalue weighted by Crippen LogP contribution is 2.47. The van der Waals surface area contributed by atoms with Gasteiger partial charge in [0.05, 0.1) is 23.2 Å². The Hall–Kier alpha value is -2.72. The standard InChI is InChI=1S/C26H29FN2O/c1-4-14-26(30,21-8-6-5-7-9-21)18-25(3)16-20-17-28-29(24(20)15-19(25)2)23-12-10-22(27)11-13-23/h5-13,15,17,30H,4,14,16,18H2,1-3H3/t25-,26?/m1/s1. The number of fused-ring (bicyclic) bond motifs is 1. The molecule has 1 heterocycles. The highest BCUT2D eigenvalue weighted by Gasteiger charge is 2.41. The molecule has 0 saturated carbocycles. The van der Waals surface area contributed by atoms with Crippen LogP contribution in [0.25, 0.3) is 11.8 Å². The molecule has 156 valence electrons. The van der Waals surface area contributed by atoms with E-state index in [1.54, 1.807) is 12.1 Å². The minimum absolute atomic E-state index is 0.177. The van der Waals surface area contributed by atoms with E-state index in [-0.39, 0.29) is 11.2 Å². The van der Waals surface area contributed by atoms with E-state index < -0.39 is 5.60 Å². The van der Waals surface area contributed by atoms with Gasteiger partial charge in [-0.2, -0.15) is 5.10 Å². The second kappa shape index (κ2) is 7.84. The van der Waals surface area contributed by atoms with E-state index in [9.17, 15) is 9.50 Å². The summed E-state index contributed by atoms with van der Waals surface area (Å²) in [5.41, 5.74) is 4.19. The molecule has 1 aromatic heterocycles. The molecule has 2 aromatic carbocycles. The zero-order chi connectivity index (χ0) is 21.4. The molecular weight excluding hydrogens is 375 g/mol. The first kappa shape index (κ1) is 20.5. The van der Waals surface area contributed by atoms with Crippen molar-refractivity contribution in [1.29, 1.82) is 0 Å². The highest BCUT2D eigenvalue weighted by molar-refractivity contribution is 5.60. The third-order valence-electron chi connectivity index (χ3n) is 6.50. The Balaban J connectivity index is 1.68. The van der Waals surface area contributed by atoms with Crippen molar-refractivity contribution in [2.45, 2.75) is 52.1 Å². The maximum Gasteiger partial charge on any atom is 0.123 e. The van der Waals surface area contributed by atoms with Crippen molar-refractivity contribution in [3.63, 3.8) is 0 Å². The first-order valence-electron chi connectivity index (χ1n) is 10.6. The van der Waals surface area contributed by atoms with E-state index in [1.807, 2.05) is 41.2 Å². The van der Waals surface area contributed by atoms with Gasteiger partial charge in [-0.25, -0.2) is 9.07 Å². The van der Waals surface area contributed by atoms with Crippen LogP contribution in [-0.2, 0) is 12.0 Å². The zero-order valence-electron chi connectivity index (χ0n) is 17.9. The maximum absolute atomic E-state index is 13.3. The number of halogens is 1. The van der Waals surface area contributed by atoms with Gasteiger partial charge in [-0.3, -0.25) is 0 Å². The smallest absolute Gasteiger partial charge is 0.123 e. The van der Waals surface area contributed by atoms with E-state index >= 15 is 0 Å². The lowest BCUT2D eigenvalue weighted by molar-refractivity contribution is -0.0118. The van der Waals surface area contributed by atoms with Crippen molar-refractivity contribution in [3.8, 4) is 5.69 Å². The van der Waals surface area contributed by atoms with E-state index in [0.29, 0.717) is 6.42 Å². The topological polar surface area (TPSA) is 38.1 Å². The van der Waals surface area contributed by atoms with Crippen LogP contribution in [-0.4, -0.2) is 14.9 Å². The summed E-state index contributed by atoms with van der Waals surface area (Å²) in [6.07, 6.45) is 7.18. The second-order valence-corrected chi connectivity index (χ2v) is 8.83. The molecule has 0 spiro atoms. The number of hydrogen-bond donors (Lipinski definition) is 1. The predicted molar refractivity (Wildman–Crippen MR) is 119 cm³/mol. The molecule has 4 rings (SSSR count). The van der Waals surface area contributed by atoms with Gasteiger partial charge in [0.1, 0.15) is 5.82 Å². The largest absolute Gasteiger partial charge is 0.385 e. The Bertz CT molecular complexity index is 1050. The lowest BCUT2D eigenvalue weighted by Crippen LogP contribution is -2.36. The molecule has 0 saturated heterocycles. The molecular formula is C26H29FN2O. The molecule has 1 aliphatic carbocycles. The normalized spacial score (nSPS) is 20.4. The molecule has 0 amide bonds. The molecule has 2 atom stereocenters. The van der Waals surface area contributed by atoms with Crippen LogP contribution in [0.3, 0.4) is 0 Å². The van der Waals surface area contributed by atoms with Gasteiger partial charge >= 0.3 is 0 Å². The number of hydrogen-bond acceptors (Lipinski definition) is 2. The van der Waals surface area contributed by atoms with Crippen molar-refractivity contribution in [2.24, 2.45) is 5.41 Å². The van der Waals surface area contributed by atoms with Crippen LogP contribution in [0.4, 0.5) is 4.39 Å². The Labute approximate surface area is 177 Å². The Kier molecular flexibility index (Phi) is 5.37. The Morgan fingerprint density at radius 1 is 1.13 bits per heavy atom. The first-order chi connectivity index (χ1) is 14.3. The molecule has 1 aliphatic rings. The highest BCUT2D eigenvalue weighted by atomic mass is 19.1. The van der Waals surface area contributed by atoms with E-state index in [2.05, 4.69) is 31.9 Å². The van der Waals surface area contributed by atoms with Gasteiger partial charge in [0.25, 0.3) is 0 Å². The maximum atomic E-state index is 13.3. The molecule has 0 radical (unpaired) electrons. The number of aromatic nitrogens is 2. The van der Waals surface area contributed by atoms with Gasteiger partial charge in [-0.05, 0) is 73.1 Å². The fourth-order valence-corrected chi connectivity index (χ4v) is 4.75. The molecule has 1 N–H and O–H groups in total. The number of allylic oxidation sites excluding steroid dienone is 1. The minimum atomic E-state index is -0.871. The van der Waals surface area contributed by atoms with Crippen LogP contribution in [0.1, 0.15) is 56.9 Å². The molecule has 4 heteroatoms. The molecule has 0 fully saturated rings. The molecule has 0 bridgehead atoms. The van der Waals surface area contributed by atoms with Crippen molar-refractivity contribution in [2.75, 3.05) is 0 Å². The van der Waals surface area contributed by atoms with Gasteiger partial charge in [-0.15, -0.1) is 0 Å². The summed E-state index contributed by atoms with van der Waals surface area (Å²) in [5, 5.41) is 16.3. The number of benzene rings is 2. The second-order valence-electron chi connectivity index (χ2n) is 8.83. The monoisotopic (exact) mass is 404 g/mol. The molecule has 3 aromatic rings. The summed E-state index contributed by atoms with van der Waals surface area (Å²) in [6, 6.07) is 16.4. The third kappa shape index (κ3) is 3.72. The first-order valence-corrected chi connectivity index (χ1v) is 10.6. The fraction of sp³-hybridized carbons (Fsp3) is 0.346. The van der Waals surface area contributed by atoms with Crippen LogP contribution >= 0.6 is 0 Å². The summed E-state index contributed by atoms with van der Waals surface area (Å²) < 4.78 is 15.2. The number of aliphatic hydroxyl groups is 1. The van der Waals surface area contributed by atoms with Crippen LogP contribution in [0.15, 0.2) is 66.4 Å². The summed E-state index contributed by atoms with van der Waals surface area (Å²) in [4.78, 5) is 0. The van der Waals surface area contributed by atoms with Crippen molar-refractivity contribution in [3.05, 3.63) is 89.0 Å². The van der Waals surface area contributed by atoms with Crippen LogP contribution in [0.2, 0.25) is 0 Å². The summed E-state index contributed by atoms with van der Waals surface area (Å²) in [6.45, 7) is 6.49. The summed E-state index contributed by atoms with van der Waals surface area (Å²) in [7, 11) is 0. The SMILES string of the molecule is CCCC(O)(C[C@@]1(C)Cc2cnn(-c3ccc(F)cc3)c2C=C1C)c1ccccc1. The van der Waals surface area contributed by atoms with Crippen LogP contribution < -0.4 is 0 Å². The van der Waals surface area contributed by atoms with Crippen LogP contribution in [0.5, 0.6) is 0 Å². The lowest BCUT2D eigenvalue weighted by atomic mass is 9.65. The van der Waals surface area contributed by atoms with Crippen LogP contribution in [0, 0.1) is 11.2 Å². The van der Waals surface area contributed by atoms with Gasteiger partial charge in [0, 0.05) is 0 Å². The van der Waals surface area contributed by atoms with Gasteiger partial charge in [0.2, 0.25) is 0 Å². The average Bonchev–Trinajstić information content (AvgIpc) is 3.11. The van der Waals surface area contributed by atoms with Crippen molar-refractivity contribution < 1.29 is 9.50 Å². The molecule has 0 aliphatic heterocycles.